The number of hydrogen-bond donors (Lipinski definition) is 0. The first-order valence-corrected chi connectivity index (χ1v) is 5.27. The first kappa shape index (κ1) is 12.5. The molecule has 1 atom stereocenters. The predicted molar refractivity (Wildman–Crippen MR) is 61.1 cm³/mol. The van der Waals surface area contributed by atoms with E-state index in [0.29, 0.717) is 11.4 Å². The van der Waals surface area contributed by atoms with Gasteiger partial charge in [0.05, 0.1) is 19.1 Å². The van der Waals surface area contributed by atoms with Gasteiger partial charge in [-0.3, -0.25) is 4.79 Å². The molecular weight excluding hydrogens is 226 g/mol. The zero-order chi connectivity index (χ0) is 12.0. The molecule has 0 saturated heterocycles. The topological polar surface area (TPSA) is 50.1 Å². The second-order valence-corrected chi connectivity index (χ2v) is 3.73. The van der Waals surface area contributed by atoms with Crippen molar-refractivity contribution < 1.29 is 9.53 Å². The van der Waals surface area contributed by atoms with Crippen molar-refractivity contribution in [3.05, 3.63) is 34.9 Å². The molecule has 0 fully saturated rings. The van der Waals surface area contributed by atoms with Crippen molar-refractivity contribution in [1.29, 1.82) is 5.26 Å². The van der Waals surface area contributed by atoms with Crippen LogP contribution in [0.1, 0.15) is 24.3 Å². The van der Waals surface area contributed by atoms with Crippen molar-refractivity contribution in [3.63, 3.8) is 0 Å². The molecule has 0 saturated carbocycles. The first-order chi connectivity index (χ1) is 7.69. The van der Waals surface area contributed by atoms with Crippen LogP contribution in [0.4, 0.5) is 0 Å². The maximum absolute atomic E-state index is 11.0. The summed E-state index contributed by atoms with van der Waals surface area (Å²) in [6.45, 7) is 0. The lowest BCUT2D eigenvalue weighted by Gasteiger charge is -2.10. The first-order valence-electron chi connectivity index (χ1n) is 4.90. The van der Waals surface area contributed by atoms with E-state index in [1.165, 1.54) is 7.11 Å². The van der Waals surface area contributed by atoms with Gasteiger partial charge in [0.1, 0.15) is 0 Å². The molecule has 1 aromatic rings. The number of methoxy groups -OCH3 is 1. The Morgan fingerprint density at radius 3 is 2.81 bits per heavy atom. The van der Waals surface area contributed by atoms with E-state index in [1.807, 2.05) is 6.07 Å². The summed E-state index contributed by atoms with van der Waals surface area (Å²) in [6.07, 6.45) is 0.646. The number of hydrogen-bond acceptors (Lipinski definition) is 3. The smallest absolute Gasteiger partial charge is 0.305 e. The summed E-state index contributed by atoms with van der Waals surface area (Å²) in [4.78, 5) is 11.0. The quantitative estimate of drug-likeness (QED) is 0.757. The van der Waals surface area contributed by atoms with Crippen molar-refractivity contribution in [2.24, 2.45) is 0 Å². The average Bonchev–Trinajstić information content (AvgIpc) is 2.31. The number of rotatable bonds is 4. The van der Waals surface area contributed by atoms with Crippen molar-refractivity contribution in [2.75, 3.05) is 7.11 Å². The zero-order valence-corrected chi connectivity index (χ0v) is 9.70. The van der Waals surface area contributed by atoms with Gasteiger partial charge in [0.25, 0.3) is 0 Å². The highest BCUT2D eigenvalue weighted by Crippen LogP contribution is 2.27. The number of nitriles is 1. The minimum absolute atomic E-state index is 0.222. The molecule has 0 bridgehead atoms. The summed E-state index contributed by atoms with van der Waals surface area (Å²) < 4.78 is 4.53. The van der Waals surface area contributed by atoms with Gasteiger partial charge >= 0.3 is 5.97 Å². The average molecular weight is 238 g/mol. The van der Waals surface area contributed by atoms with E-state index in [2.05, 4.69) is 10.8 Å². The van der Waals surface area contributed by atoms with Crippen LogP contribution in [0.15, 0.2) is 24.3 Å². The van der Waals surface area contributed by atoms with E-state index < -0.39 is 0 Å². The van der Waals surface area contributed by atoms with Crippen LogP contribution in [-0.2, 0) is 9.53 Å². The second-order valence-electron chi connectivity index (χ2n) is 3.32. The van der Waals surface area contributed by atoms with Crippen molar-refractivity contribution in [1.82, 2.24) is 0 Å². The van der Waals surface area contributed by atoms with E-state index in [9.17, 15) is 4.79 Å². The SMILES string of the molecule is COC(=O)CC[C@H](C#N)c1ccccc1Cl. The number of benzene rings is 1. The summed E-state index contributed by atoms with van der Waals surface area (Å²) in [6, 6.07) is 9.31. The number of carbonyl (C=O) groups is 1. The molecular formula is C12H12ClNO2. The third kappa shape index (κ3) is 3.25. The standard InChI is InChI=1S/C12H12ClNO2/c1-16-12(15)7-6-9(8-14)10-4-2-3-5-11(10)13/h2-5,9H,6-7H2,1H3/t9-/m1/s1. The van der Waals surface area contributed by atoms with Gasteiger partial charge in [0.2, 0.25) is 0 Å². The lowest BCUT2D eigenvalue weighted by atomic mass is 9.96. The Kier molecular flexibility index (Phi) is 4.81. The Morgan fingerprint density at radius 2 is 2.25 bits per heavy atom. The molecule has 0 amide bonds. The molecule has 0 spiro atoms. The number of ether oxygens (including phenoxy) is 1. The summed E-state index contributed by atoms with van der Waals surface area (Å²) in [5, 5.41) is 9.58. The fourth-order valence-corrected chi connectivity index (χ4v) is 1.68. The van der Waals surface area contributed by atoms with E-state index in [4.69, 9.17) is 16.9 Å². The molecule has 16 heavy (non-hydrogen) atoms. The Morgan fingerprint density at radius 1 is 1.56 bits per heavy atom. The zero-order valence-electron chi connectivity index (χ0n) is 8.94. The van der Waals surface area contributed by atoms with E-state index in [1.54, 1.807) is 18.2 Å². The highest BCUT2D eigenvalue weighted by Gasteiger charge is 2.15. The van der Waals surface area contributed by atoms with E-state index >= 15 is 0 Å². The number of esters is 1. The van der Waals surface area contributed by atoms with Crippen molar-refractivity contribution >= 4 is 17.6 Å². The minimum atomic E-state index is -0.368. The maximum atomic E-state index is 11.0. The molecule has 1 aromatic carbocycles. The molecule has 0 aliphatic rings. The molecule has 0 aromatic heterocycles. The molecule has 3 nitrogen and oxygen atoms in total. The third-order valence-corrected chi connectivity index (χ3v) is 2.65. The lowest BCUT2D eigenvalue weighted by Crippen LogP contribution is -2.04. The van der Waals surface area contributed by atoms with Gasteiger partial charge in [-0.15, -0.1) is 0 Å². The Balaban J connectivity index is 2.73. The van der Waals surface area contributed by atoms with Crippen LogP contribution in [0.5, 0.6) is 0 Å². The highest BCUT2D eigenvalue weighted by atomic mass is 35.5. The maximum Gasteiger partial charge on any atom is 0.305 e. The highest BCUT2D eigenvalue weighted by molar-refractivity contribution is 6.31. The van der Waals surface area contributed by atoms with Gasteiger partial charge in [-0.2, -0.15) is 5.26 Å². The van der Waals surface area contributed by atoms with Crippen LogP contribution < -0.4 is 0 Å². The number of halogens is 1. The molecule has 1 rings (SSSR count). The van der Waals surface area contributed by atoms with Gasteiger partial charge in [0, 0.05) is 11.4 Å². The second kappa shape index (κ2) is 6.14. The van der Waals surface area contributed by atoms with Gasteiger partial charge in [-0.25, -0.2) is 0 Å². The Labute approximate surface area is 99.6 Å². The van der Waals surface area contributed by atoms with Crippen LogP contribution >= 0.6 is 11.6 Å². The van der Waals surface area contributed by atoms with Crippen LogP contribution in [0.2, 0.25) is 5.02 Å². The van der Waals surface area contributed by atoms with E-state index in [-0.39, 0.29) is 18.3 Å². The van der Waals surface area contributed by atoms with Gasteiger partial charge in [-0.1, -0.05) is 29.8 Å². The lowest BCUT2D eigenvalue weighted by molar-refractivity contribution is -0.140. The molecule has 84 valence electrons. The van der Waals surface area contributed by atoms with Crippen molar-refractivity contribution in [3.8, 4) is 6.07 Å². The number of carbonyl (C=O) groups excluding carboxylic acids is 1. The van der Waals surface area contributed by atoms with Crippen LogP contribution in [-0.4, -0.2) is 13.1 Å². The van der Waals surface area contributed by atoms with Crippen molar-refractivity contribution in [2.45, 2.75) is 18.8 Å². The summed E-state index contributed by atoms with van der Waals surface area (Å²) in [5.74, 6) is -0.680. The van der Waals surface area contributed by atoms with Gasteiger partial charge < -0.3 is 4.74 Å². The Hall–Kier alpha value is -1.53. The molecule has 0 aliphatic heterocycles. The minimum Gasteiger partial charge on any atom is -0.469 e. The molecule has 0 heterocycles. The molecule has 0 unspecified atom stereocenters. The summed E-state index contributed by atoms with van der Waals surface area (Å²) >= 11 is 5.98. The molecule has 0 aliphatic carbocycles. The third-order valence-electron chi connectivity index (χ3n) is 2.30. The summed E-state index contributed by atoms with van der Waals surface area (Å²) in [5.41, 5.74) is 0.760. The van der Waals surface area contributed by atoms with Crippen LogP contribution in [0.25, 0.3) is 0 Å². The molecule has 0 radical (unpaired) electrons. The van der Waals surface area contributed by atoms with Crippen LogP contribution in [0.3, 0.4) is 0 Å². The normalized spacial score (nSPS) is 11.6. The number of nitrogens with zero attached hydrogens (tertiary/aromatic N) is 1. The van der Waals surface area contributed by atoms with Gasteiger partial charge in [0.15, 0.2) is 0 Å². The van der Waals surface area contributed by atoms with Crippen LogP contribution in [0, 0.1) is 11.3 Å². The molecule has 4 heteroatoms. The largest absolute Gasteiger partial charge is 0.469 e. The summed E-state index contributed by atoms with van der Waals surface area (Å²) in [7, 11) is 1.33. The molecule has 0 N–H and O–H groups in total. The van der Waals surface area contributed by atoms with Gasteiger partial charge in [-0.05, 0) is 18.1 Å². The predicted octanol–water partition coefficient (Wildman–Crippen LogP) is 2.90. The monoisotopic (exact) mass is 237 g/mol. The fourth-order valence-electron chi connectivity index (χ4n) is 1.41. The fraction of sp³-hybridized carbons (Fsp3) is 0.333. The Bertz CT molecular complexity index is 412. The van der Waals surface area contributed by atoms with E-state index in [0.717, 1.165) is 5.56 Å².